The van der Waals surface area contributed by atoms with E-state index >= 15 is 0 Å². The van der Waals surface area contributed by atoms with E-state index in [4.69, 9.17) is 18.9 Å². The second-order valence-electron chi connectivity index (χ2n) is 8.29. The van der Waals surface area contributed by atoms with E-state index in [1.807, 2.05) is 24.0 Å². The molecule has 0 bridgehead atoms. The van der Waals surface area contributed by atoms with E-state index in [0.717, 1.165) is 31.2 Å². The first kappa shape index (κ1) is 21.4. The monoisotopic (exact) mass is 426 g/mol. The Morgan fingerprint density at radius 3 is 2.68 bits per heavy atom. The number of piperidine rings is 1. The van der Waals surface area contributed by atoms with E-state index in [1.54, 1.807) is 38.6 Å². The summed E-state index contributed by atoms with van der Waals surface area (Å²) in [6, 6.07) is 9.21. The SMILES string of the molecule is COc1ccc(C(=O)N2CCC3(CC2)CC(Oc2cc(C)ccn2)CCO3)c(OC)c1. The fourth-order valence-electron chi connectivity index (χ4n) is 4.44. The second-order valence-corrected chi connectivity index (χ2v) is 8.29. The zero-order chi connectivity index (χ0) is 21.8. The van der Waals surface area contributed by atoms with Crippen LogP contribution in [0, 0.1) is 6.92 Å². The van der Waals surface area contributed by atoms with Crippen molar-refractivity contribution in [3.05, 3.63) is 47.7 Å². The molecule has 4 rings (SSSR count). The Labute approximate surface area is 183 Å². The molecule has 7 nitrogen and oxygen atoms in total. The van der Waals surface area contributed by atoms with Gasteiger partial charge in [-0.05, 0) is 43.5 Å². The van der Waals surface area contributed by atoms with Crippen LogP contribution in [0.25, 0.3) is 0 Å². The highest BCUT2D eigenvalue weighted by atomic mass is 16.5. The summed E-state index contributed by atoms with van der Waals surface area (Å²) < 4.78 is 23.0. The number of carbonyl (C=O) groups is 1. The highest BCUT2D eigenvalue weighted by molar-refractivity contribution is 5.97. The average molecular weight is 427 g/mol. The number of aromatic nitrogens is 1. The molecule has 0 saturated carbocycles. The van der Waals surface area contributed by atoms with Crippen LogP contribution >= 0.6 is 0 Å². The molecule has 1 amide bonds. The number of nitrogens with zero attached hydrogens (tertiary/aromatic N) is 2. The van der Waals surface area contributed by atoms with Crippen molar-refractivity contribution in [2.75, 3.05) is 33.9 Å². The van der Waals surface area contributed by atoms with Gasteiger partial charge in [0.15, 0.2) is 0 Å². The van der Waals surface area contributed by atoms with E-state index < -0.39 is 0 Å². The summed E-state index contributed by atoms with van der Waals surface area (Å²) in [6.45, 7) is 3.98. The van der Waals surface area contributed by atoms with Gasteiger partial charge in [0.05, 0.1) is 32.0 Å². The molecule has 1 aromatic carbocycles. The highest BCUT2D eigenvalue weighted by Crippen LogP contribution is 2.37. The zero-order valence-corrected chi connectivity index (χ0v) is 18.4. The molecular formula is C24H30N2O5. The van der Waals surface area contributed by atoms with Crippen molar-refractivity contribution in [2.45, 2.75) is 44.3 Å². The molecule has 31 heavy (non-hydrogen) atoms. The van der Waals surface area contributed by atoms with Gasteiger partial charge in [0, 0.05) is 44.3 Å². The first-order valence-electron chi connectivity index (χ1n) is 10.8. The minimum atomic E-state index is -0.243. The van der Waals surface area contributed by atoms with Gasteiger partial charge in [-0.3, -0.25) is 4.79 Å². The summed E-state index contributed by atoms with van der Waals surface area (Å²) in [4.78, 5) is 19.3. The molecule has 2 saturated heterocycles. The number of hydrogen-bond donors (Lipinski definition) is 0. The first-order chi connectivity index (χ1) is 15.0. The Morgan fingerprint density at radius 1 is 1.16 bits per heavy atom. The van der Waals surface area contributed by atoms with E-state index in [-0.39, 0.29) is 17.6 Å². The van der Waals surface area contributed by atoms with Crippen LogP contribution in [-0.4, -0.2) is 61.4 Å². The minimum absolute atomic E-state index is 0.0260. The van der Waals surface area contributed by atoms with Gasteiger partial charge >= 0.3 is 0 Å². The summed E-state index contributed by atoms with van der Waals surface area (Å²) in [5.74, 6) is 1.83. The standard InChI is InChI=1S/C24H30N2O5/c1-17-6-10-25-22(14-17)31-19-7-13-30-24(16-19)8-11-26(12-9-24)23(27)20-5-4-18(28-2)15-21(20)29-3/h4-6,10,14-15,19H,7-9,11-13,16H2,1-3H3. The Hall–Kier alpha value is -2.80. The summed E-state index contributed by atoms with van der Waals surface area (Å²) >= 11 is 0. The molecule has 1 unspecified atom stereocenters. The maximum absolute atomic E-state index is 13.1. The molecule has 1 atom stereocenters. The topological polar surface area (TPSA) is 70.1 Å². The predicted octanol–water partition coefficient (Wildman–Crippen LogP) is 3.64. The van der Waals surface area contributed by atoms with Crippen LogP contribution in [0.1, 0.15) is 41.6 Å². The van der Waals surface area contributed by atoms with E-state index in [0.29, 0.717) is 42.6 Å². The number of amides is 1. The molecule has 0 N–H and O–H groups in total. The van der Waals surface area contributed by atoms with Crippen molar-refractivity contribution >= 4 is 5.91 Å². The number of benzene rings is 1. The lowest BCUT2D eigenvalue weighted by molar-refractivity contribution is -0.135. The van der Waals surface area contributed by atoms with Crippen molar-refractivity contribution in [3.8, 4) is 17.4 Å². The number of pyridine rings is 1. The predicted molar refractivity (Wildman–Crippen MR) is 116 cm³/mol. The molecule has 2 aromatic rings. The minimum Gasteiger partial charge on any atom is -0.497 e. The average Bonchev–Trinajstić information content (AvgIpc) is 2.79. The number of likely N-dealkylation sites (tertiary alicyclic amines) is 1. The van der Waals surface area contributed by atoms with Crippen LogP contribution in [0.5, 0.6) is 17.4 Å². The van der Waals surface area contributed by atoms with Gasteiger partial charge in [0.25, 0.3) is 5.91 Å². The van der Waals surface area contributed by atoms with Crippen molar-refractivity contribution in [2.24, 2.45) is 0 Å². The Bertz CT molecular complexity index is 924. The van der Waals surface area contributed by atoms with Crippen LogP contribution in [0.15, 0.2) is 36.5 Å². The number of carbonyl (C=O) groups excluding carboxylic acids is 1. The quantitative estimate of drug-likeness (QED) is 0.727. The third-order valence-corrected chi connectivity index (χ3v) is 6.23. The summed E-state index contributed by atoms with van der Waals surface area (Å²) in [6.07, 6.45) is 5.10. The van der Waals surface area contributed by atoms with Gasteiger partial charge < -0.3 is 23.8 Å². The molecule has 2 aliphatic heterocycles. The molecule has 2 fully saturated rings. The van der Waals surface area contributed by atoms with Gasteiger partial charge in [-0.25, -0.2) is 4.98 Å². The van der Waals surface area contributed by atoms with Gasteiger partial charge in [-0.15, -0.1) is 0 Å². The Balaban J connectivity index is 1.39. The second kappa shape index (κ2) is 9.14. The van der Waals surface area contributed by atoms with E-state index in [9.17, 15) is 4.79 Å². The van der Waals surface area contributed by atoms with Gasteiger partial charge in [0.2, 0.25) is 5.88 Å². The van der Waals surface area contributed by atoms with Crippen LogP contribution in [0.3, 0.4) is 0 Å². The van der Waals surface area contributed by atoms with Crippen molar-refractivity contribution in [1.82, 2.24) is 9.88 Å². The number of methoxy groups -OCH3 is 2. The zero-order valence-electron chi connectivity index (χ0n) is 18.4. The molecule has 2 aliphatic rings. The molecule has 3 heterocycles. The highest BCUT2D eigenvalue weighted by Gasteiger charge is 2.42. The lowest BCUT2D eigenvalue weighted by Crippen LogP contribution is -2.52. The largest absolute Gasteiger partial charge is 0.497 e. The van der Waals surface area contributed by atoms with Crippen LogP contribution < -0.4 is 14.2 Å². The smallest absolute Gasteiger partial charge is 0.257 e. The van der Waals surface area contributed by atoms with Gasteiger partial charge in [-0.2, -0.15) is 0 Å². The van der Waals surface area contributed by atoms with Crippen LogP contribution in [-0.2, 0) is 4.74 Å². The van der Waals surface area contributed by atoms with Crippen molar-refractivity contribution in [1.29, 1.82) is 0 Å². The molecule has 0 radical (unpaired) electrons. The van der Waals surface area contributed by atoms with E-state index in [1.165, 1.54) is 0 Å². The maximum Gasteiger partial charge on any atom is 0.257 e. The van der Waals surface area contributed by atoms with Crippen LogP contribution in [0.4, 0.5) is 0 Å². The summed E-state index contributed by atoms with van der Waals surface area (Å²) in [5, 5.41) is 0. The fourth-order valence-corrected chi connectivity index (χ4v) is 4.44. The number of rotatable bonds is 5. The Kier molecular flexibility index (Phi) is 6.32. The lowest BCUT2D eigenvalue weighted by Gasteiger charge is -2.46. The van der Waals surface area contributed by atoms with Crippen molar-refractivity contribution in [3.63, 3.8) is 0 Å². The molecule has 0 aliphatic carbocycles. The number of ether oxygens (including phenoxy) is 4. The summed E-state index contributed by atoms with van der Waals surface area (Å²) in [7, 11) is 3.16. The maximum atomic E-state index is 13.1. The first-order valence-corrected chi connectivity index (χ1v) is 10.8. The number of hydrogen-bond acceptors (Lipinski definition) is 6. The normalized spacial score (nSPS) is 20.4. The fraction of sp³-hybridized carbons (Fsp3) is 0.500. The van der Waals surface area contributed by atoms with Gasteiger partial charge in [0.1, 0.15) is 17.6 Å². The van der Waals surface area contributed by atoms with Gasteiger partial charge in [-0.1, -0.05) is 0 Å². The lowest BCUT2D eigenvalue weighted by atomic mass is 9.83. The third kappa shape index (κ3) is 4.77. The molecular weight excluding hydrogens is 396 g/mol. The summed E-state index contributed by atoms with van der Waals surface area (Å²) in [5.41, 5.74) is 1.44. The van der Waals surface area contributed by atoms with Crippen molar-refractivity contribution < 1.29 is 23.7 Å². The Morgan fingerprint density at radius 2 is 1.97 bits per heavy atom. The number of aryl methyl sites for hydroxylation is 1. The van der Waals surface area contributed by atoms with E-state index in [2.05, 4.69) is 4.98 Å². The van der Waals surface area contributed by atoms with Crippen LogP contribution in [0.2, 0.25) is 0 Å². The molecule has 1 spiro atoms. The third-order valence-electron chi connectivity index (χ3n) is 6.23. The molecule has 1 aromatic heterocycles. The molecule has 7 heteroatoms. The molecule has 166 valence electrons.